The van der Waals surface area contributed by atoms with Crippen LogP contribution < -0.4 is 10.9 Å². The van der Waals surface area contributed by atoms with Gasteiger partial charge in [-0.25, -0.2) is 4.98 Å². The average Bonchev–Trinajstić information content (AvgIpc) is 2.83. The van der Waals surface area contributed by atoms with Gasteiger partial charge in [0.1, 0.15) is 4.83 Å². The molecule has 0 bridgehead atoms. The van der Waals surface area contributed by atoms with Crippen molar-refractivity contribution in [1.29, 1.82) is 0 Å². The molecule has 0 aromatic carbocycles. The maximum atomic E-state index is 12.5. The Morgan fingerprint density at radius 2 is 2.14 bits per heavy atom. The molecule has 0 saturated heterocycles. The van der Waals surface area contributed by atoms with Gasteiger partial charge in [0.25, 0.3) is 11.5 Å². The zero-order chi connectivity index (χ0) is 15.6. The van der Waals surface area contributed by atoms with Crippen LogP contribution in [0.3, 0.4) is 0 Å². The van der Waals surface area contributed by atoms with Crippen LogP contribution in [0.4, 0.5) is 0 Å². The number of thiophene rings is 1. The predicted octanol–water partition coefficient (Wildman–Crippen LogP) is 1.57. The fraction of sp³-hybridized carbons (Fsp3) is 0.500. The second-order valence-electron chi connectivity index (χ2n) is 5.07. The molecule has 0 saturated carbocycles. The van der Waals surface area contributed by atoms with Crippen molar-refractivity contribution < 1.29 is 9.90 Å². The summed E-state index contributed by atoms with van der Waals surface area (Å²) in [5, 5.41) is 12.9. The Labute approximate surface area is 126 Å². The zero-order valence-electron chi connectivity index (χ0n) is 12.3. The van der Waals surface area contributed by atoms with Crippen LogP contribution in [0.15, 0.2) is 11.1 Å². The van der Waals surface area contributed by atoms with Crippen molar-refractivity contribution in [2.45, 2.75) is 39.2 Å². The third-order valence-corrected chi connectivity index (χ3v) is 5.17. The van der Waals surface area contributed by atoms with Gasteiger partial charge in [-0.3, -0.25) is 9.59 Å². The lowest BCUT2D eigenvalue weighted by Gasteiger charge is -2.30. The second kappa shape index (κ2) is 5.95. The Balaban J connectivity index is 2.43. The van der Waals surface area contributed by atoms with E-state index >= 15 is 0 Å². The molecule has 0 radical (unpaired) electrons. The van der Waals surface area contributed by atoms with E-state index in [1.165, 1.54) is 17.7 Å². The highest BCUT2D eigenvalue weighted by Gasteiger charge is 2.29. The number of nitrogens with zero attached hydrogens (tertiary/aromatic N) is 1. The molecule has 2 aromatic heterocycles. The summed E-state index contributed by atoms with van der Waals surface area (Å²) in [5.74, 6) is -0.271. The number of aliphatic hydroxyl groups is 1. The Morgan fingerprint density at radius 3 is 2.67 bits per heavy atom. The van der Waals surface area contributed by atoms with E-state index in [0.717, 1.165) is 0 Å². The number of H-pyrrole nitrogens is 1. The second-order valence-corrected chi connectivity index (χ2v) is 6.07. The minimum absolute atomic E-state index is 0.117. The summed E-state index contributed by atoms with van der Waals surface area (Å²) in [6.45, 7) is 5.46. The summed E-state index contributed by atoms with van der Waals surface area (Å²) in [6, 6.07) is 0. The molecule has 2 rings (SSSR count). The normalized spacial score (nSPS) is 11.8. The lowest BCUT2D eigenvalue weighted by atomic mass is 9.93. The van der Waals surface area contributed by atoms with Crippen molar-refractivity contribution in [3.8, 4) is 0 Å². The van der Waals surface area contributed by atoms with E-state index in [0.29, 0.717) is 33.5 Å². The minimum Gasteiger partial charge on any atom is -0.394 e. The largest absolute Gasteiger partial charge is 0.394 e. The number of aliphatic hydroxyl groups excluding tert-OH is 1. The van der Waals surface area contributed by atoms with Crippen molar-refractivity contribution >= 4 is 27.5 Å². The summed E-state index contributed by atoms with van der Waals surface area (Å²) in [6.07, 6.45) is 2.60. The number of fused-ring (bicyclic) bond motifs is 1. The third kappa shape index (κ3) is 2.71. The minimum atomic E-state index is -0.625. The molecule has 1 amide bonds. The maximum absolute atomic E-state index is 12.5. The first-order valence-electron chi connectivity index (χ1n) is 6.88. The average molecular weight is 309 g/mol. The number of aryl methyl sites for hydroxylation is 1. The summed E-state index contributed by atoms with van der Waals surface area (Å²) in [7, 11) is 0. The highest BCUT2D eigenvalue weighted by Crippen LogP contribution is 2.27. The van der Waals surface area contributed by atoms with Gasteiger partial charge >= 0.3 is 0 Å². The smallest absolute Gasteiger partial charge is 0.262 e. The van der Waals surface area contributed by atoms with Gasteiger partial charge in [-0.15, -0.1) is 11.3 Å². The van der Waals surface area contributed by atoms with Gasteiger partial charge < -0.3 is 15.4 Å². The Hall–Kier alpha value is -1.73. The summed E-state index contributed by atoms with van der Waals surface area (Å²) in [4.78, 5) is 31.9. The lowest BCUT2D eigenvalue weighted by molar-refractivity contribution is 0.0821. The van der Waals surface area contributed by atoms with E-state index in [1.807, 2.05) is 13.8 Å². The molecule has 0 aliphatic heterocycles. The molecule has 0 spiro atoms. The van der Waals surface area contributed by atoms with E-state index in [1.54, 1.807) is 6.92 Å². The molecule has 2 aromatic rings. The van der Waals surface area contributed by atoms with Crippen LogP contribution in [-0.4, -0.2) is 33.1 Å². The van der Waals surface area contributed by atoms with Crippen molar-refractivity contribution in [3.63, 3.8) is 0 Å². The molecule has 0 atom stereocenters. The SMILES string of the molecule is CCC(CC)(CO)NC(=O)c1sc2nc[nH]c(=O)c2c1C. The standard InChI is InChI=1S/C14H19N3O3S/c1-4-14(5-2,6-18)17-12(20)10-8(3)9-11(19)15-7-16-13(9)21-10/h7,18H,4-6H2,1-3H3,(H,17,20)(H,15,16,19). The molecule has 7 heteroatoms. The number of carbonyl (C=O) groups is 1. The van der Waals surface area contributed by atoms with Gasteiger partial charge in [-0.2, -0.15) is 0 Å². The van der Waals surface area contributed by atoms with Crippen LogP contribution in [-0.2, 0) is 0 Å². The van der Waals surface area contributed by atoms with Crippen LogP contribution in [0.25, 0.3) is 10.2 Å². The highest BCUT2D eigenvalue weighted by atomic mass is 32.1. The molecule has 114 valence electrons. The molecule has 0 fully saturated rings. The molecule has 0 unspecified atom stereocenters. The molecular formula is C14H19N3O3S. The van der Waals surface area contributed by atoms with E-state index in [-0.39, 0.29) is 18.1 Å². The van der Waals surface area contributed by atoms with Gasteiger partial charge in [0.05, 0.1) is 28.7 Å². The van der Waals surface area contributed by atoms with Crippen molar-refractivity contribution in [2.75, 3.05) is 6.61 Å². The molecule has 0 aliphatic carbocycles. The first kappa shape index (κ1) is 15.7. The number of rotatable bonds is 5. The summed E-state index contributed by atoms with van der Waals surface area (Å²) < 4.78 is 0. The summed E-state index contributed by atoms with van der Waals surface area (Å²) >= 11 is 1.19. The lowest BCUT2D eigenvalue weighted by Crippen LogP contribution is -2.50. The quantitative estimate of drug-likeness (QED) is 0.781. The maximum Gasteiger partial charge on any atom is 0.262 e. The molecule has 2 heterocycles. The number of hydrogen-bond donors (Lipinski definition) is 3. The topological polar surface area (TPSA) is 95.1 Å². The Morgan fingerprint density at radius 1 is 1.48 bits per heavy atom. The van der Waals surface area contributed by atoms with Gasteiger partial charge in [0.15, 0.2) is 0 Å². The monoisotopic (exact) mass is 309 g/mol. The number of amides is 1. The van der Waals surface area contributed by atoms with E-state index < -0.39 is 5.54 Å². The van der Waals surface area contributed by atoms with Gasteiger partial charge in [0.2, 0.25) is 0 Å². The van der Waals surface area contributed by atoms with E-state index in [2.05, 4.69) is 15.3 Å². The van der Waals surface area contributed by atoms with E-state index in [9.17, 15) is 14.7 Å². The predicted molar refractivity (Wildman–Crippen MR) is 82.8 cm³/mol. The van der Waals surface area contributed by atoms with Crippen LogP contribution >= 0.6 is 11.3 Å². The van der Waals surface area contributed by atoms with E-state index in [4.69, 9.17) is 0 Å². The number of aromatic amines is 1. The fourth-order valence-corrected chi connectivity index (χ4v) is 3.33. The van der Waals surface area contributed by atoms with Crippen LogP contribution in [0.5, 0.6) is 0 Å². The number of aromatic nitrogens is 2. The number of hydrogen-bond acceptors (Lipinski definition) is 5. The number of nitrogens with one attached hydrogen (secondary N) is 2. The van der Waals surface area contributed by atoms with Crippen LogP contribution in [0.2, 0.25) is 0 Å². The van der Waals surface area contributed by atoms with Crippen molar-refractivity contribution in [1.82, 2.24) is 15.3 Å². The first-order valence-corrected chi connectivity index (χ1v) is 7.69. The molecule has 21 heavy (non-hydrogen) atoms. The highest BCUT2D eigenvalue weighted by molar-refractivity contribution is 7.20. The third-order valence-electron chi connectivity index (χ3n) is 3.97. The first-order chi connectivity index (χ1) is 9.98. The number of carbonyl (C=O) groups excluding carboxylic acids is 1. The Bertz CT molecular complexity index is 708. The van der Waals surface area contributed by atoms with Gasteiger partial charge in [-0.05, 0) is 25.3 Å². The van der Waals surface area contributed by atoms with Crippen molar-refractivity contribution in [3.05, 3.63) is 27.1 Å². The van der Waals surface area contributed by atoms with Gasteiger partial charge in [0, 0.05) is 0 Å². The van der Waals surface area contributed by atoms with Gasteiger partial charge in [-0.1, -0.05) is 13.8 Å². The molecule has 0 aliphatic rings. The van der Waals surface area contributed by atoms with Crippen LogP contribution in [0, 0.1) is 6.92 Å². The molecule has 3 N–H and O–H groups in total. The molecule has 6 nitrogen and oxygen atoms in total. The summed E-state index contributed by atoms with van der Waals surface area (Å²) in [5.41, 5.74) is -0.243. The van der Waals surface area contributed by atoms with Crippen LogP contribution in [0.1, 0.15) is 41.9 Å². The zero-order valence-corrected chi connectivity index (χ0v) is 13.1. The van der Waals surface area contributed by atoms with Crippen molar-refractivity contribution in [2.24, 2.45) is 0 Å². The molecular weight excluding hydrogens is 290 g/mol. The Kier molecular flexibility index (Phi) is 4.43. The fourth-order valence-electron chi connectivity index (χ4n) is 2.28.